The molecule has 1 fully saturated rings. The number of nitrogens with one attached hydrogen (secondary N) is 2. The van der Waals surface area contributed by atoms with Gasteiger partial charge < -0.3 is 14.9 Å². The zero-order valence-electron chi connectivity index (χ0n) is 13.5. The van der Waals surface area contributed by atoms with Crippen molar-refractivity contribution in [3.8, 4) is 5.75 Å². The van der Waals surface area contributed by atoms with Gasteiger partial charge in [-0.1, -0.05) is 6.07 Å². The van der Waals surface area contributed by atoms with Crippen LogP contribution < -0.4 is 20.5 Å². The SMILES string of the molecule is CCOC(=O)C1=C2C(=O)N(c3cccc(OC)c3)C(=O)C2(C)NN1. The molecule has 3 rings (SSSR count). The number of nitrogens with zero attached hydrogens (tertiary/aromatic N) is 1. The first-order chi connectivity index (χ1) is 11.4. The molecule has 126 valence electrons. The summed E-state index contributed by atoms with van der Waals surface area (Å²) in [5, 5.41) is 0. The van der Waals surface area contributed by atoms with Crippen molar-refractivity contribution in [1.29, 1.82) is 0 Å². The second-order valence-corrected chi connectivity index (χ2v) is 5.49. The van der Waals surface area contributed by atoms with E-state index in [-0.39, 0.29) is 17.9 Å². The molecule has 0 spiro atoms. The maximum atomic E-state index is 12.8. The number of esters is 1. The largest absolute Gasteiger partial charge is 0.497 e. The summed E-state index contributed by atoms with van der Waals surface area (Å²) in [4.78, 5) is 38.7. The second kappa shape index (κ2) is 5.64. The van der Waals surface area contributed by atoms with Crippen molar-refractivity contribution in [1.82, 2.24) is 10.9 Å². The Hall–Kier alpha value is -2.87. The van der Waals surface area contributed by atoms with E-state index in [0.29, 0.717) is 11.4 Å². The molecule has 24 heavy (non-hydrogen) atoms. The van der Waals surface area contributed by atoms with E-state index in [1.807, 2.05) is 0 Å². The molecule has 0 radical (unpaired) electrons. The summed E-state index contributed by atoms with van der Waals surface area (Å²) in [6.07, 6.45) is 0. The van der Waals surface area contributed by atoms with E-state index in [4.69, 9.17) is 9.47 Å². The quantitative estimate of drug-likeness (QED) is 0.603. The molecule has 0 aromatic heterocycles. The highest BCUT2D eigenvalue weighted by molar-refractivity contribution is 6.34. The molecule has 2 amide bonds. The fraction of sp³-hybridized carbons (Fsp3) is 0.312. The van der Waals surface area contributed by atoms with Crippen molar-refractivity contribution < 1.29 is 23.9 Å². The van der Waals surface area contributed by atoms with Crippen molar-refractivity contribution >= 4 is 23.5 Å². The molecule has 2 N–H and O–H groups in total. The van der Waals surface area contributed by atoms with Crippen LogP contribution in [-0.4, -0.2) is 37.0 Å². The number of rotatable bonds is 4. The molecule has 2 aliphatic heterocycles. The first-order valence-corrected chi connectivity index (χ1v) is 7.42. The highest BCUT2D eigenvalue weighted by Crippen LogP contribution is 2.38. The van der Waals surface area contributed by atoms with Gasteiger partial charge in [0.05, 0.1) is 25.0 Å². The van der Waals surface area contributed by atoms with E-state index >= 15 is 0 Å². The Bertz CT molecular complexity index is 773. The lowest BCUT2D eigenvalue weighted by atomic mass is 9.95. The molecule has 8 nitrogen and oxygen atoms in total. The summed E-state index contributed by atoms with van der Waals surface area (Å²) in [5.74, 6) is -1.22. The third-order valence-electron chi connectivity index (χ3n) is 4.03. The van der Waals surface area contributed by atoms with Crippen LogP contribution in [0.2, 0.25) is 0 Å². The molecular formula is C16H17N3O5. The second-order valence-electron chi connectivity index (χ2n) is 5.49. The van der Waals surface area contributed by atoms with Gasteiger partial charge in [0, 0.05) is 6.07 Å². The van der Waals surface area contributed by atoms with Gasteiger partial charge in [-0.3, -0.25) is 9.59 Å². The topological polar surface area (TPSA) is 97.0 Å². The standard InChI is InChI=1S/C16H17N3O5/c1-4-24-14(21)12-11-13(20)19(15(22)16(11,2)18-17-12)9-6-5-7-10(8-9)23-3/h5-8,17-18H,4H2,1-3H3. The Morgan fingerprint density at radius 2 is 2.08 bits per heavy atom. The van der Waals surface area contributed by atoms with Crippen LogP contribution in [0.15, 0.2) is 35.5 Å². The smallest absolute Gasteiger partial charge is 0.356 e. The van der Waals surface area contributed by atoms with Gasteiger partial charge in [-0.05, 0) is 26.0 Å². The maximum absolute atomic E-state index is 12.8. The van der Waals surface area contributed by atoms with Crippen LogP contribution in [-0.2, 0) is 19.1 Å². The summed E-state index contributed by atoms with van der Waals surface area (Å²) < 4.78 is 10.1. The molecule has 2 heterocycles. The molecule has 1 aromatic rings. The number of ether oxygens (including phenoxy) is 2. The number of benzene rings is 1. The molecular weight excluding hydrogens is 314 g/mol. The Balaban J connectivity index is 2.07. The van der Waals surface area contributed by atoms with E-state index < -0.39 is 23.3 Å². The van der Waals surface area contributed by atoms with E-state index in [2.05, 4.69) is 10.9 Å². The third kappa shape index (κ3) is 2.15. The number of hydrogen-bond donors (Lipinski definition) is 2. The molecule has 1 saturated heterocycles. The zero-order valence-corrected chi connectivity index (χ0v) is 13.5. The normalized spacial score (nSPS) is 22.5. The van der Waals surface area contributed by atoms with Crippen LogP contribution in [0, 0.1) is 0 Å². The predicted octanol–water partition coefficient (Wildman–Crippen LogP) is 0.252. The number of anilines is 1. The first-order valence-electron chi connectivity index (χ1n) is 7.42. The van der Waals surface area contributed by atoms with E-state index in [1.54, 1.807) is 38.1 Å². The molecule has 0 saturated carbocycles. The molecule has 0 bridgehead atoms. The van der Waals surface area contributed by atoms with Gasteiger partial charge in [0.15, 0.2) is 0 Å². The lowest BCUT2D eigenvalue weighted by Crippen LogP contribution is -2.51. The predicted molar refractivity (Wildman–Crippen MR) is 83.8 cm³/mol. The summed E-state index contributed by atoms with van der Waals surface area (Å²) in [6.45, 7) is 3.37. The van der Waals surface area contributed by atoms with Crippen LogP contribution in [0.4, 0.5) is 5.69 Å². The van der Waals surface area contributed by atoms with Crippen LogP contribution in [0.1, 0.15) is 13.8 Å². The van der Waals surface area contributed by atoms with Gasteiger partial charge in [0.2, 0.25) is 0 Å². The monoisotopic (exact) mass is 331 g/mol. The first kappa shape index (κ1) is 16.0. The molecule has 2 aliphatic rings. The van der Waals surface area contributed by atoms with Crippen LogP contribution in [0.5, 0.6) is 5.75 Å². The number of hydrogen-bond acceptors (Lipinski definition) is 7. The number of methoxy groups -OCH3 is 1. The Labute approximate surface area is 138 Å². The van der Waals surface area contributed by atoms with Gasteiger partial charge in [0.25, 0.3) is 11.8 Å². The van der Waals surface area contributed by atoms with Crippen molar-refractivity contribution in [3.63, 3.8) is 0 Å². The molecule has 1 atom stereocenters. The van der Waals surface area contributed by atoms with Crippen molar-refractivity contribution in [2.75, 3.05) is 18.6 Å². The fourth-order valence-electron chi connectivity index (χ4n) is 2.81. The minimum atomic E-state index is -1.33. The van der Waals surface area contributed by atoms with Crippen molar-refractivity contribution in [3.05, 3.63) is 35.5 Å². The highest BCUT2D eigenvalue weighted by Gasteiger charge is 2.59. The van der Waals surface area contributed by atoms with E-state index in [9.17, 15) is 14.4 Å². The number of hydrazine groups is 1. The zero-order chi connectivity index (χ0) is 17.5. The van der Waals surface area contributed by atoms with E-state index in [0.717, 1.165) is 4.90 Å². The van der Waals surface area contributed by atoms with Gasteiger partial charge in [-0.2, -0.15) is 0 Å². The van der Waals surface area contributed by atoms with Crippen LogP contribution in [0.3, 0.4) is 0 Å². The summed E-state index contributed by atoms with van der Waals surface area (Å²) in [6, 6.07) is 6.59. The minimum Gasteiger partial charge on any atom is -0.497 e. The average Bonchev–Trinajstić information content (AvgIpc) is 3.02. The molecule has 8 heteroatoms. The lowest BCUT2D eigenvalue weighted by Gasteiger charge is -2.20. The number of carbonyl (C=O) groups excluding carboxylic acids is 3. The maximum Gasteiger partial charge on any atom is 0.356 e. The van der Waals surface area contributed by atoms with Gasteiger partial charge >= 0.3 is 5.97 Å². The minimum absolute atomic E-state index is 0.0388. The van der Waals surface area contributed by atoms with E-state index in [1.165, 1.54) is 7.11 Å². The number of imide groups is 1. The third-order valence-corrected chi connectivity index (χ3v) is 4.03. The van der Waals surface area contributed by atoms with Crippen LogP contribution in [0.25, 0.3) is 0 Å². The highest BCUT2D eigenvalue weighted by atomic mass is 16.5. The van der Waals surface area contributed by atoms with Crippen LogP contribution >= 0.6 is 0 Å². The molecule has 1 unspecified atom stereocenters. The van der Waals surface area contributed by atoms with Crippen molar-refractivity contribution in [2.45, 2.75) is 19.4 Å². The summed E-state index contributed by atoms with van der Waals surface area (Å²) in [5.41, 5.74) is 4.38. The van der Waals surface area contributed by atoms with Gasteiger partial charge in [-0.15, -0.1) is 0 Å². The Kier molecular flexibility index (Phi) is 3.76. The Morgan fingerprint density at radius 1 is 1.33 bits per heavy atom. The summed E-state index contributed by atoms with van der Waals surface area (Å²) in [7, 11) is 1.50. The van der Waals surface area contributed by atoms with Gasteiger partial charge in [-0.25, -0.2) is 15.1 Å². The number of fused-ring (bicyclic) bond motifs is 1. The van der Waals surface area contributed by atoms with Gasteiger partial charge in [0.1, 0.15) is 17.0 Å². The molecule has 0 aliphatic carbocycles. The molecule has 1 aromatic carbocycles. The summed E-state index contributed by atoms with van der Waals surface area (Å²) >= 11 is 0. The number of carbonyl (C=O) groups is 3. The Morgan fingerprint density at radius 3 is 2.75 bits per heavy atom. The average molecular weight is 331 g/mol. The lowest BCUT2D eigenvalue weighted by molar-refractivity contribution is -0.139. The van der Waals surface area contributed by atoms with Crippen molar-refractivity contribution in [2.24, 2.45) is 0 Å². The fourth-order valence-corrected chi connectivity index (χ4v) is 2.81. The number of amides is 2.